The van der Waals surface area contributed by atoms with Gasteiger partial charge in [0.1, 0.15) is 0 Å². The minimum Gasteiger partial charge on any atom is -0.662 e. The molecule has 0 aromatic carbocycles. The second kappa shape index (κ2) is 4.94. The standard InChI is InChI=1S/C4H6NO2.Zn/c1-2-3(5)4(6)7;/h2-3,5H,1H2,(H,6,7);/q-1;. The van der Waals surface area contributed by atoms with Crippen LogP contribution in [-0.2, 0) is 24.3 Å². The molecule has 0 aliphatic heterocycles. The summed E-state index contributed by atoms with van der Waals surface area (Å²) in [6, 6.07) is -1.17. The van der Waals surface area contributed by atoms with Crippen molar-refractivity contribution in [3.8, 4) is 0 Å². The number of carboxylic acid groups (broad SMARTS) is 1. The summed E-state index contributed by atoms with van der Waals surface area (Å²) in [5.41, 5.74) is 6.56. The second-order valence-electron chi connectivity index (χ2n) is 1.05. The molecule has 0 bridgehead atoms. The van der Waals surface area contributed by atoms with E-state index < -0.39 is 12.0 Å². The zero-order valence-electron chi connectivity index (χ0n) is 4.42. The van der Waals surface area contributed by atoms with Crippen LogP contribution >= 0.6 is 0 Å². The van der Waals surface area contributed by atoms with E-state index in [0.29, 0.717) is 0 Å². The van der Waals surface area contributed by atoms with Crippen LogP contribution in [0.25, 0.3) is 5.73 Å². The molecule has 0 rings (SSSR count). The third kappa shape index (κ3) is 3.97. The topological polar surface area (TPSA) is 61.1 Å². The predicted octanol–water partition coefficient (Wildman–Crippen LogP) is 0.675. The van der Waals surface area contributed by atoms with Gasteiger partial charge in [-0.15, -0.1) is 6.58 Å². The monoisotopic (exact) mass is 164 g/mol. The second-order valence-corrected chi connectivity index (χ2v) is 1.05. The van der Waals surface area contributed by atoms with Crippen LogP contribution in [0, 0.1) is 0 Å². The SMILES string of the molecule is C=CC([NH-])C(=O)O.[Zn]. The van der Waals surface area contributed by atoms with Gasteiger partial charge in [0, 0.05) is 19.5 Å². The van der Waals surface area contributed by atoms with Crippen molar-refractivity contribution in [1.29, 1.82) is 0 Å². The molecule has 1 unspecified atom stereocenters. The van der Waals surface area contributed by atoms with Gasteiger partial charge in [0.2, 0.25) is 0 Å². The quantitative estimate of drug-likeness (QED) is 0.483. The van der Waals surface area contributed by atoms with Crippen LogP contribution in [0.3, 0.4) is 0 Å². The first kappa shape index (κ1) is 10.7. The van der Waals surface area contributed by atoms with E-state index in [9.17, 15) is 4.79 Å². The summed E-state index contributed by atoms with van der Waals surface area (Å²) in [5.74, 6) is -1.16. The van der Waals surface area contributed by atoms with Gasteiger partial charge in [0.15, 0.2) is 0 Å². The van der Waals surface area contributed by atoms with Crippen molar-refractivity contribution in [1.82, 2.24) is 0 Å². The Morgan fingerprint density at radius 2 is 2.25 bits per heavy atom. The van der Waals surface area contributed by atoms with Gasteiger partial charge >= 0.3 is 0 Å². The summed E-state index contributed by atoms with van der Waals surface area (Å²) in [6.45, 7) is 3.11. The third-order valence-electron chi connectivity index (χ3n) is 0.502. The van der Waals surface area contributed by atoms with Crippen molar-refractivity contribution < 1.29 is 29.4 Å². The summed E-state index contributed by atoms with van der Waals surface area (Å²) in [6.07, 6.45) is 1.06. The molecular weight excluding hydrogens is 159 g/mol. The Hall–Kier alpha value is -0.207. The van der Waals surface area contributed by atoms with Gasteiger partial charge in [-0.3, -0.25) is 4.79 Å². The summed E-state index contributed by atoms with van der Waals surface area (Å²) in [4.78, 5) is 9.67. The van der Waals surface area contributed by atoms with Gasteiger partial charge < -0.3 is 10.8 Å². The molecule has 0 saturated heterocycles. The van der Waals surface area contributed by atoms with Crippen molar-refractivity contribution >= 4 is 5.97 Å². The zero-order chi connectivity index (χ0) is 5.86. The van der Waals surface area contributed by atoms with Crippen LogP contribution in [0.4, 0.5) is 0 Å². The Morgan fingerprint density at radius 1 is 1.88 bits per heavy atom. The van der Waals surface area contributed by atoms with E-state index >= 15 is 0 Å². The molecule has 0 heterocycles. The number of nitrogens with one attached hydrogen (secondary N) is 1. The van der Waals surface area contributed by atoms with Crippen LogP contribution in [0.15, 0.2) is 12.7 Å². The third-order valence-corrected chi connectivity index (χ3v) is 0.502. The van der Waals surface area contributed by atoms with Crippen molar-refractivity contribution in [2.24, 2.45) is 0 Å². The maximum absolute atomic E-state index is 9.67. The number of rotatable bonds is 2. The average molecular weight is 165 g/mol. The summed E-state index contributed by atoms with van der Waals surface area (Å²) >= 11 is 0. The molecule has 42 valence electrons. The first-order valence-electron chi connectivity index (χ1n) is 1.75. The molecule has 1 atom stereocenters. The number of aliphatic carboxylic acids is 1. The molecule has 3 nitrogen and oxygen atoms in total. The molecule has 0 saturated carbocycles. The number of carboxylic acids is 1. The van der Waals surface area contributed by atoms with Crippen molar-refractivity contribution in [2.45, 2.75) is 6.04 Å². The minimum atomic E-state index is -1.17. The Bertz CT molecular complexity index is 94.0. The fourth-order valence-electron chi connectivity index (χ4n) is 0.101. The average Bonchev–Trinajstić information content (AvgIpc) is 1.65. The van der Waals surface area contributed by atoms with Gasteiger partial charge in [-0.2, -0.15) is 0 Å². The smallest absolute Gasteiger partial charge is 0.289 e. The Labute approximate surface area is 60.3 Å². The molecule has 0 spiro atoms. The molecule has 4 heteroatoms. The molecule has 8 heavy (non-hydrogen) atoms. The van der Waals surface area contributed by atoms with E-state index in [1.165, 1.54) is 0 Å². The van der Waals surface area contributed by atoms with Crippen molar-refractivity contribution in [2.75, 3.05) is 0 Å². The molecular formula is C4H6NO2Zn-. The van der Waals surface area contributed by atoms with E-state index in [4.69, 9.17) is 10.8 Å². The van der Waals surface area contributed by atoms with Gasteiger partial charge in [-0.25, -0.2) is 0 Å². The largest absolute Gasteiger partial charge is 0.662 e. The normalized spacial score (nSPS) is 11.1. The Morgan fingerprint density at radius 3 is 2.25 bits per heavy atom. The van der Waals surface area contributed by atoms with Crippen molar-refractivity contribution in [3.63, 3.8) is 0 Å². The van der Waals surface area contributed by atoms with E-state index in [2.05, 4.69) is 6.58 Å². The first-order valence-corrected chi connectivity index (χ1v) is 1.75. The zero-order valence-corrected chi connectivity index (χ0v) is 7.39. The molecule has 0 aromatic rings. The van der Waals surface area contributed by atoms with Gasteiger partial charge in [0.05, 0.1) is 0 Å². The summed E-state index contributed by atoms with van der Waals surface area (Å²) < 4.78 is 0. The fraction of sp³-hybridized carbons (Fsp3) is 0.250. The fourth-order valence-corrected chi connectivity index (χ4v) is 0.101. The maximum Gasteiger partial charge on any atom is 0.289 e. The van der Waals surface area contributed by atoms with E-state index in [1.54, 1.807) is 0 Å². The van der Waals surface area contributed by atoms with Crippen LogP contribution in [0.1, 0.15) is 0 Å². The Balaban J connectivity index is 0. The number of hydrogen-bond donors (Lipinski definition) is 1. The molecule has 0 radical (unpaired) electrons. The van der Waals surface area contributed by atoms with E-state index in [-0.39, 0.29) is 19.5 Å². The predicted molar refractivity (Wildman–Crippen MR) is 25.9 cm³/mol. The van der Waals surface area contributed by atoms with Crippen LogP contribution in [0.5, 0.6) is 0 Å². The number of carbonyl (C=O) groups is 1. The van der Waals surface area contributed by atoms with E-state index in [0.717, 1.165) is 6.08 Å². The Kier molecular flexibility index (Phi) is 6.62. The number of hydrogen-bond acceptors (Lipinski definition) is 1. The van der Waals surface area contributed by atoms with Crippen LogP contribution in [-0.4, -0.2) is 17.1 Å². The van der Waals surface area contributed by atoms with Gasteiger partial charge in [-0.1, -0.05) is 6.08 Å². The molecule has 0 fully saturated rings. The van der Waals surface area contributed by atoms with E-state index in [1.807, 2.05) is 0 Å². The van der Waals surface area contributed by atoms with Gasteiger partial charge in [-0.05, 0) is 6.04 Å². The summed E-state index contributed by atoms with van der Waals surface area (Å²) in [5, 5.41) is 7.92. The summed E-state index contributed by atoms with van der Waals surface area (Å²) in [7, 11) is 0. The first-order chi connectivity index (χ1) is 3.18. The van der Waals surface area contributed by atoms with Crippen molar-refractivity contribution in [3.05, 3.63) is 18.4 Å². The van der Waals surface area contributed by atoms with Crippen LogP contribution < -0.4 is 0 Å². The molecule has 0 amide bonds. The van der Waals surface area contributed by atoms with Gasteiger partial charge in [0.25, 0.3) is 5.97 Å². The molecule has 0 aromatic heterocycles. The minimum absolute atomic E-state index is 0. The molecule has 2 N–H and O–H groups in total. The molecule has 0 aliphatic rings. The maximum atomic E-state index is 9.67. The van der Waals surface area contributed by atoms with Crippen LogP contribution in [0.2, 0.25) is 0 Å². The molecule has 0 aliphatic carbocycles.